The first-order valence-electron chi connectivity index (χ1n) is 3.59. The molecule has 1 aromatic heterocycles. The maximum atomic E-state index is 6.01. The van der Waals surface area contributed by atoms with Gasteiger partial charge < -0.3 is 5.73 Å². The molecule has 0 aromatic carbocycles. The zero-order chi connectivity index (χ0) is 8.11. The zero-order valence-electron chi connectivity index (χ0n) is 6.63. The van der Waals surface area contributed by atoms with Gasteiger partial charge in [0.15, 0.2) is 5.82 Å². The molecular formula is C6H11N5. The Morgan fingerprint density at radius 1 is 1.55 bits per heavy atom. The Bertz CT molecular complexity index is 265. The quantitative estimate of drug-likeness (QED) is 0.584. The van der Waals surface area contributed by atoms with Gasteiger partial charge in [-0.2, -0.15) is 5.21 Å². The van der Waals surface area contributed by atoms with Crippen LogP contribution in [-0.2, 0) is 5.54 Å². The minimum absolute atomic E-state index is 0.122. The smallest absolute Gasteiger partial charge is 0.194 e. The van der Waals surface area contributed by atoms with Gasteiger partial charge in [-0.25, -0.2) is 0 Å². The monoisotopic (exact) mass is 153 g/mol. The second-order valence-electron chi connectivity index (χ2n) is 3.77. The molecule has 3 N–H and O–H groups in total. The molecule has 60 valence electrons. The molecule has 1 aromatic rings. The van der Waals surface area contributed by atoms with Crippen molar-refractivity contribution < 1.29 is 0 Å². The van der Waals surface area contributed by atoms with E-state index in [0.29, 0.717) is 5.82 Å². The maximum Gasteiger partial charge on any atom is 0.194 e. The van der Waals surface area contributed by atoms with Crippen molar-refractivity contribution in [2.24, 2.45) is 11.1 Å². The highest BCUT2D eigenvalue weighted by atomic mass is 15.5. The van der Waals surface area contributed by atoms with E-state index in [4.69, 9.17) is 5.73 Å². The van der Waals surface area contributed by atoms with Crippen LogP contribution in [0.15, 0.2) is 0 Å². The Kier molecular flexibility index (Phi) is 0.983. The van der Waals surface area contributed by atoms with Crippen LogP contribution in [0.25, 0.3) is 0 Å². The molecule has 2 rings (SSSR count). The molecule has 5 heteroatoms. The predicted molar refractivity (Wildman–Crippen MR) is 38.4 cm³/mol. The summed E-state index contributed by atoms with van der Waals surface area (Å²) in [5.41, 5.74) is 5.78. The van der Waals surface area contributed by atoms with Crippen LogP contribution in [0.1, 0.15) is 26.1 Å². The molecule has 0 aliphatic heterocycles. The van der Waals surface area contributed by atoms with Crippen LogP contribution in [0.5, 0.6) is 0 Å². The minimum atomic E-state index is -0.347. The first-order valence-corrected chi connectivity index (χ1v) is 3.59. The summed E-state index contributed by atoms with van der Waals surface area (Å²) in [5.74, 6) is 0.627. The third-order valence-corrected chi connectivity index (χ3v) is 2.55. The Morgan fingerprint density at radius 2 is 2.18 bits per heavy atom. The lowest BCUT2D eigenvalue weighted by molar-refractivity contribution is 0.488. The highest BCUT2D eigenvalue weighted by Crippen LogP contribution is 2.59. The Balaban J connectivity index is 2.33. The molecule has 1 atom stereocenters. The van der Waals surface area contributed by atoms with E-state index in [1.165, 1.54) is 0 Å². The minimum Gasteiger partial charge on any atom is -0.318 e. The van der Waals surface area contributed by atoms with E-state index in [1.807, 2.05) is 0 Å². The summed E-state index contributed by atoms with van der Waals surface area (Å²) in [4.78, 5) is 0. The molecule has 0 saturated heterocycles. The second kappa shape index (κ2) is 1.61. The van der Waals surface area contributed by atoms with Gasteiger partial charge in [-0.3, -0.25) is 0 Å². The lowest BCUT2D eigenvalue weighted by Gasteiger charge is -2.08. The van der Waals surface area contributed by atoms with Crippen LogP contribution in [0.2, 0.25) is 0 Å². The van der Waals surface area contributed by atoms with E-state index >= 15 is 0 Å². The van der Waals surface area contributed by atoms with E-state index < -0.39 is 0 Å². The van der Waals surface area contributed by atoms with Crippen molar-refractivity contribution in [2.75, 3.05) is 0 Å². The van der Waals surface area contributed by atoms with Gasteiger partial charge in [0.25, 0.3) is 0 Å². The normalized spacial score (nSPS) is 33.7. The van der Waals surface area contributed by atoms with Crippen molar-refractivity contribution in [1.82, 2.24) is 20.6 Å². The highest BCUT2D eigenvalue weighted by molar-refractivity contribution is 5.22. The number of H-pyrrole nitrogens is 1. The molecule has 11 heavy (non-hydrogen) atoms. The van der Waals surface area contributed by atoms with Crippen molar-refractivity contribution in [2.45, 2.75) is 25.8 Å². The number of nitrogens with two attached hydrogens (primary N) is 1. The average Bonchev–Trinajstić information content (AvgIpc) is 2.36. The Labute approximate surface area is 64.4 Å². The molecule has 5 nitrogen and oxygen atoms in total. The molecule has 1 saturated carbocycles. The fraction of sp³-hybridized carbons (Fsp3) is 0.833. The third kappa shape index (κ3) is 0.712. The fourth-order valence-corrected chi connectivity index (χ4v) is 1.39. The van der Waals surface area contributed by atoms with Crippen molar-refractivity contribution in [3.8, 4) is 0 Å². The predicted octanol–water partition coefficient (Wildman–Crippen LogP) is -0.216. The number of rotatable bonds is 1. The van der Waals surface area contributed by atoms with Crippen molar-refractivity contribution in [1.29, 1.82) is 0 Å². The molecular weight excluding hydrogens is 142 g/mol. The van der Waals surface area contributed by atoms with Crippen LogP contribution >= 0.6 is 0 Å². The van der Waals surface area contributed by atoms with Crippen LogP contribution in [0.4, 0.5) is 0 Å². The number of nitrogens with one attached hydrogen (secondary N) is 1. The van der Waals surface area contributed by atoms with E-state index in [2.05, 4.69) is 34.5 Å². The summed E-state index contributed by atoms with van der Waals surface area (Å²) in [6.45, 7) is 4.20. The summed E-state index contributed by atoms with van der Waals surface area (Å²) in [5, 5.41) is 13.6. The molecule has 1 aliphatic carbocycles. The van der Waals surface area contributed by atoms with Gasteiger partial charge in [0.05, 0.1) is 5.54 Å². The molecule has 0 spiro atoms. The van der Waals surface area contributed by atoms with E-state index in [9.17, 15) is 0 Å². The number of nitrogens with zero attached hydrogens (tertiary/aromatic N) is 3. The van der Waals surface area contributed by atoms with Gasteiger partial charge in [-0.05, 0) is 11.8 Å². The largest absolute Gasteiger partial charge is 0.318 e. The van der Waals surface area contributed by atoms with Crippen molar-refractivity contribution in [3.05, 3.63) is 5.82 Å². The maximum absolute atomic E-state index is 6.01. The average molecular weight is 153 g/mol. The summed E-state index contributed by atoms with van der Waals surface area (Å²) >= 11 is 0. The zero-order valence-corrected chi connectivity index (χ0v) is 6.63. The highest BCUT2D eigenvalue weighted by Gasteiger charge is 2.62. The van der Waals surface area contributed by atoms with Crippen molar-refractivity contribution in [3.63, 3.8) is 0 Å². The Hall–Kier alpha value is -0.970. The molecule has 1 fully saturated rings. The topological polar surface area (TPSA) is 80.5 Å². The lowest BCUT2D eigenvalue weighted by Crippen LogP contribution is -2.27. The summed E-state index contributed by atoms with van der Waals surface area (Å²) in [6.07, 6.45) is 0.930. The van der Waals surface area contributed by atoms with Gasteiger partial charge >= 0.3 is 0 Å². The molecule has 1 unspecified atom stereocenters. The van der Waals surface area contributed by atoms with Crippen LogP contribution in [-0.4, -0.2) is 20.6 Å². The number of hydrogen-bond acceptors (Lipinski definition) is 4. The van der Waals surface area contributed by atoms with Gasteiger partial charge in [0.1, 0.15) is 0 Å². The number of aromatic nitrogens is 4. The number of aromatic amines is 1. The molecule has 1 heterocycles. The lowest BCUT2D eigenvalue weighted by atomic mass is 10.1. The van der Waals surface area contributed by atoms with Crippen molar-refractivity contribution >= 4 is 0 Å². The molecule has 1 aliphatic rings. The third-order valence-electron chi connectivity index (χ3n) is 2.55. The molecule has 0 radical (unpaired) electrons. The van der Waals surface area contributed by atoms with Crippen LogP contribution in [0, 0.1) is 5.41 Å². The number of hydrogen-bond donors (Lipinski definition) is 2. The van der Waals surface area contributed by atoms with E-state index in [1.54, 1.807) is 0 Å². The first-order chi connectivity index (χ1) is 5.06. The van der Waals surface area contributed by atoms with E-state index in [-0.39, 0.29) is 11.0 Å². The van der Waals surface area contributed by atoms with E-state index in [0.717, 1.165) is 6.42 Å². The van der Waals surface area contributed by atoms with Gasteiger partial charge in [0.2, 0.25) is 0 Å². The SMILES string of the molecule is CC1(C)CC1(N)c1nn[nH]n1. The van der Waals surface area contributed by atoms with Crippen LogP contribution < -0.4 is 5.73 Å². The summed E-state index contributed by atoms with van der Waals surface area (Å²) in [6, 6.07) is 0. The standard InChI is InChI=1S/C6H11N5/c1-5(2)3-6(5,7)4-8-10-11-9-4/h3,7H2,1-2H3,(H,8,9,10,11). The fourth-order valence-electron chi connectivity index (χ4n) is 1.39. The molecule has 0 bridgehead atoms. The van der Waals surface area contributed by atoms with Crippen LogP contribution in [0.3, 0.4) is 0 Å². The summed E-state index contributed by atoms with van der Waals surface area (Å²) < 4.78 is 0. The first kappa shape index (κ1) is 6.72. The Morgan fingerprint density at radius 3 is 2.55 bits per heavy atom. The van der Waals surface area contributed by atoms with Gasteiger partial charge in [-0.15, -0.1) is 10.2 Å². The van der Waals surface area contributed by atoms with Gasteiger partial charge in [-0.1, -0.05) is 19.1 Å². The molecule has 0 amide bonds. The summed E-state index contributed by atoms with van der Waals surface area (Å²) in [7, 11) is 0. The second-order valence-corrected chi connectivity index (χ2v) is 3.77. The number of tetrazole rings is 1. The van der Waals surface area contributed by atoms with Gasteiger partial charge in [0, 0.05) is 0 Å².